The SMILES string of the molecule is CC1(C)O[C@H]2O[C@H]([C@H](O)CN=[N+]=[N-])C[C@H]2O1. The van der Waals surface area contributed by atoms with Crippen molar-refractivity contribution in [2.75, 3.05) is 6.54 Å². The number of ether oxygens (including phenoxy) is 3. The van der Waals surface area contributed by atoms with Crippen molar-refractivity contribution in [3.8, 4) is 0 Å². The highest BCUT2D eigenvalue weighted by molar-refractivity contribution is 4.88. The van der Waals surface area contributed by atoms with Crippen molar-refractivity contribution in [3.63, 3.8) is 0 Å². The Balaban J connectivity index is 1.89. The summed E-state index contributed by atoms with van der Waals surface area (Å²) in [6.07, 6.45) is -1.23. The Morgan fingerprint density at radius 2 is 2.31 bits per heavy atom. The van der Waals surface area contributed by atoms with Crippen LogP contribution in [0.1, 0.15) is 20.3 Å². The first-order chi connectivity index (χ1) is 7.52. The summed E-state index contributed by atoms with van der Waals surface area (Å²) in [6, 6.07) is 0. The smallest absolute Gasteiger partial charge is 0.187 e. The van der Waals surface area contributed by atoms with Gasteiger partial charge in [-0.3, -0.25) is 0 Å². The minimum Gasteiger partial charge on any atom is -0.390 e. The van der Waals surface area contributed by atoms with Crippen LogP contribution in [0.15, 0.2) is 5.11 Å². The van der Waals surface area contributed by atoms with Crippen LogP contribution in [0, 0.1) is 0 Å². The zero-order valence-corrected chi connectivity index (χ0v) is 9.24. The zero-order chi connectivity index (χ0) is 11.8. The largest absolute Gasteiger partial charge is 0.390 e. The van der Waals surface area contributed by atoms with Crippen molar-refractivity contribution in [1.82, 2.24) is 0 Å². The van der Waals surface area contributed by atoms with Gasteiger partial charge < -0.3 is 19.3 Å². The van der Waals surface area contributed by atoms with E-state index >= 15 is 0 Å². The average Bonchev–Trinajstić information content (AvgIpc) is 2.67. The van der Waals surface area contributed by atoms with Gasteiger partial charge in [0.2, 0.25) is 0 Å². The van der Waals surface area contributed by atoms with Gasteiger partial charge in [-0.2, -0.15) is 0 Å². The summed E-state index contributed by atoms with van der Waals surface area (Å²) in [5.41, 5.74) is 8.14. The fourth-order valence-electron chi connectivity index (χ4n) is 2.02. The second-order valence-corrected chi connectivity index (χ2v) is 4.43. The van der Waals surface area contributed by atoms with Gasteiger partial charge >= 0.3 is 0 Å². The van der Waals surface area contributed by atoms with Gasteiger partial charge in [0, 0.05) is 11.3 Å². The molecule has 0 unspecified atom stereocenters. The van der Waals surface area contributed by atoms with E-state index in [9.17, 15) is 5.11 Å². The van der Waals surface area contributed by atoms with E-state index < -0.39 is 24.3 Å². The molecule has 2 saturated heterocycles. The Labute approximate surface area is 92.9 Å². The predicted molar refractivity (Wildman–Crippen MR) is 53.3 cm³/mol. The molecule has 0 aromatic heterocycles. The molecule has 2 aliphatic heterocycles. The van der Waals surface area contributed by atoms with E-state index in [1.165, 1.54) is 0 Å². The second kappa shape index (κ2) is 4.20. The number of fused-ring (bicyclic) bond motifs is 1. The molecule has 0 aromatic rings. The van der Waals surface area contributed by atoms with Crippen LogP contribution in [-0.2, 0) is 14.2 Å². The number of rotatable bonds is 3. The number of nitrogens with zero attached hydrogens (tertiary/aromatic N) is 3. The summed E-state index contributed by atoms with van der Waals surface area (Å²) in [6.45, 7) is 3.64. The van der Waals surface area contributed by atoms with E-state index in [1.54, 1.807) is 0 Å². The molecule has 7 nitrogen and oxygen atoms in total. The van der Waals surface area contributed by atoms with Gasteiger partial charge in [-0.25, -0.2) is 0 Å². The minimum absolute atomic E-state index is 0.00397. The Morgan fingerprint density at radius 1 is 1.56 bits per heavy atom. The Bertz CT molecular complexity index is 300. The molecule has 2 aliphatic rings. The van der Waals surface area contributed by atoms with E-state index in [4.69, 9.17) is 19.7 Å². The number of hydrogen-bond acceptors (Lipinski definition) is 5. The molecule has 2 fully saturated rings. The molecule has 16 heavy (non-hydrogen) atoms. The summed E-state index contributed by atoms with van der Waals surface area (Å²) in [7, 11) is 0. The van der Waals surface area contributed by atoms with E-state index in [-0.39, 0.29) is 12.6 Å². The van der Waals surface area contributed by atoms with Crippen molar-refractivity contribution >= 4 is 0 Å². The lowest BCUT2D eigenvalue weighted by atomic mass is 10.1. The Morgan fingerprint density at radius 3 is 2.94 bits per heavy atom. The second-order valence-electron chi connectivity index (χ2n) is 4.43. The number of hydrogen-bond donors (Lipinski definition) is 1. The molecule has 0 saturated carbocycles. The van der Waals surface area contributed by atoms with Crippen molar-refractivity contribution in [1.29, 1.82) is 0 Å². The van der Waals surface area contributed by atoms with Crippen LogP contribution in [0.4, 0.5) is 0 Å². The fourth-order valence-corrected chi connectivity index (χ4v) is 2.02. The summed E-state index contributed by atoms with van der Waals surface area (Å²) in [4.78, 5) is 2.59. The lowest BCUT2D eigenvalue weighted by molar-refractivity contribution is -0.213. The van der Waals surface area contributed by atoms with Gasteiger partial charge in [-0.1, -0.05) is 5.11 Å². The molecule has 4 atom stereocenters. The maximum absolute atomic E-state index is 9.66. The third-order valence-electron chi connectivity index (χ3n) is 2.67. The normalized spacial score (nSPS) is 37.8. The first-order valence-electron chi connectivity index (χ1n) is 5.22. The van der Waals surface area contributed by atoms with Crippen LogP contribution in [0.5, 0.6) is 0 Å². The maximum Gasteiger partial charge on any atom is 0.187 e. The summed E-state index contributed by atoms with van der Waals surface area (Å²) in [5, 5.41) is 13.0. The quantitative estimate of drug-likeness (QED) is 0.442. The lowest BCUT2D eigenvalue weighted by Crippen LogP contribution is -2.32. The lowest BCUT2D eigenvalue weighted by Gasteiger charge is -2.22. The summed E-state index contributed by atoms with van der Waals surface area (Å²) in [5.74, 6) is -0.629. The number of aliphatic hydroxyl groups is 1. The summed E-state index contributed by atoms with van der Waals surface area (Å²) < 4.78 is 16.6. The topological polar surface area (TPSA) is 96.7 Å². The highest BCUT2D eigenvalue weighted by atomic mass is 16.8. The molecule has 1 N–H and O–H groups in total. The third-order valence-corrected chi connectivity index (χ3v) is 2.67. The van der Waals surface area contributed by atoms with Crippen LogP contribution < -0.4 is 0 Å². The van der Waals surface area contributed by atoms with Gasteiger partial charge in [0.1, 0.15) is 6.10 Å². The van der Waals surface area contributed by atoms with Crippen molar-refractivity contribution < 1.29 is 19.3 Å². The predicted octanol–water partition coefficient (Wildman–Crippen LogP) is 0.924. The van der Waals surface area contributed by atoms with Crippen LogP contribution in [-0.4, -0.2) is 42.0 Å². The molecule has 0 aromatic carbocycles. The van der Waals surface area contributed by atoms with Gasteiger partial charge in [0.05, 0.1) is 18.8 Å². The standard InChI is InChI=1S/C9H15N3O4/c1-9(2)15-7-3-6(14-8(7)16-9)5(13)4-11-12-10/h5-8,13H,3-4H2,1-2H3/t5-,6+,7-,8-/m1/s1. The van der Waals surface area contributed by atoms with Crippen molar-refractivity contribution in [2.24, 2.45) is 5.11 Å². The van der Waals surface area contributed by atoms with Crippen LogP contribution >= 0.6 is 0 Å². The van der Waals surface area contributed by atoms with Gasteiger partial charge in [-0.05, 0) is 19.4 Å². The molecule has 0 radical (unpaired) electrons. The molecular weight excluding hydrogens is 214 g/mol. The highest BCUT2D eigenvalue weighted by Crippen LogP contribution is 2.37. The van der Waals surface area contributed by atoms with Gasteiger partial charge in [-0.15, -0.1) is 0 Å². The monoisotopic (exact) mass is 229 g/mol. The van der Waals surface area contributed by atoms with E-state index in [0.717, 1.165) is 0 Å². The third kappa shape index (κ3) is 2.28. The molecule has 0 spiro atoms. The maximum atomic E-state index is 9.66. The van der Waals surface area contributed by atoms with Gasteiger partial charge in [0.15, 0.2) is 12.1 Å². The fraction of sp³-hybridized carbons (Fsp3) is 1.00. The average molecular weight is 229 g/mol. The number of azide groups is 1. The summed E-state index contributed by atoms with van der Waals surface area (Å²) >= 11 is 0. The van der Waals surface area contributed by atoms with E-state index in [2.05, 4.69) is 10.0 Å². The first-order valence-corrected chi connectivity index (χ1v) is 5.22. The molecule has 0 aliphatic carbocycles. The Kier molecular flexibility index (Phi) is 3.05. The minimum atomic E-state index is -0.809. The molecule has 0 bridgehead atoms. The van der Waals surface area contributed by atoms with Crippen LogP contribution in [0.25, 0.3) is 10.4 Å². The highest BCUT2D eigenvalue weighted by Gasteiger charge is 2.49. The van der Waals surface area contributed by atoms with Crippen molar-refractivity contribution in [3.05, 3.63) is 10.4 Å². The van der Waals surface area contributed by atoms with Crippen LogP contribution in [0.3, 0.4) is 0 Å². The van der Waals surface area contributed by atoms with E-state index in [0.29, 0.717) is 6.42 Å². The number of aliphatic hydroxyl groups excluding tert-OH is 1. The van der Waals surface area contributed by atoms with E-state index in [1.807, 2.05) is 13.8 Å². The molecule has 90 valence electrons. The molecule has 0 amide bonds. The molecule has 7 heteroatoms. The molecule has 2 heterocycles. The zero-order valence-electron chi connectivity index (χ0n) is 9.24. The van der Waals surface area contributed by atoms with Crippen molar-refractivity contribution in [2.45, 2.75) is 50.7 Å². The Hall–Kier alpha value is -0.850. The van der Waals surface area contributed by atoms with Gasteiger partial charge in [0.25, 0.3) is 0 Å². The first kappa shape index (κ1) is 11.6. The molecular formula is C9H15N3O4. The molecule has 2 rings (SSSR count). The van der Waals surface area contributed by atoms with Crippen LogP contribution in [0.2, 0.25) is 0 Å².